The van der Waals surface area contributed by atoms with Crippen molar-refractivity contribution in [3.63, 3.8) is 0 Å². The second-order valence-electron chi connectivity index (χ2n) is 4.91. The van der Waals surface area contributed by atoms with Crippen molar-refractivity contribution in [3.05, 3.63) is 46.9 Å². The molecule has 0 aliphatic carbocycles. The molecular weight excluding hydrogens is 270 g/mol. The van der Waals surface area contributed by atoms with Crippen molar-refractivity contribution in [2.24, 2.45) is 0 Å². The Kier molecular flexibility index (Phi) is 4.86. The van der Waals surface area contributed by atoms with E-state index in [1.165, 1.54) is 16.8 Å². The summed E-state index contributed by atoms with van der Waals surface area (Å²) in [6.07, 6.45) is 6.01. The van der Waals surface area contributed by atoms with Crippen molar-refractivity contribution >= 4 is 5.91 Å². The van der Waals surface area contributed by atoms with E-state index in [4.69, 9.17) is 0 Å². The minimum Gasteiger partial charge on any atom is -0.346 e. The molecule has 0 spiro atoms. The lowest BCUT2D eigenvalue weighted by molar-refractivity contribution is 0.0929. The maximum absolute atomic E-state index is 12.1. The van der Waals surface area contributed by atoms with Gasteiger partial charge < -0.3 is 9.88 Å². The van der Waals surface area contributed by atoms with Crippen LogP contribution in [0, 0.1) is 0 Å². The molecule has 21 heavy (non-hydrogen) atoms. The van der Waals surface area contributed by atoms with E-state index in [1.54, 1.807) is 12.5 Å². The molecule has 2 aromatic rings. The van der Waals surface area contributed by atoms with Crippen LogP contribution in [0.25, 0.3) is 0 Å². The van der Waals surface area contributed by atoms with Gasteiger partial charge in [-0.25, -0.2) is 9.67 Å². The summed E-state index contributed by atoms with van der Waals surface area (Å²) in [5.41, 5.74) is 0.0559. The molecule has 112 valence electrons. The average molecular weight is 289 g/mol. The van der Waals surface area contributed by atoms with E-state index in [0.29, 0.717) is 13.1 Å². The maximum Gasteiger partial charge on any atom is 0.271 e. The zero-order valence-electron chi connectivity index (χ0n) is 12.2. The molecule has 0 aliphatic heterocycles. The van der Waals surface area contributed by atoms with E-state index in [9.17, 15) is 9.59 Å². The third kappa shape index (κ3) is 4.01. The molecule has 0 fully saturated rings. The number of nitrogens with zero attached hydrogens (tertiary/aromatic N) is 4. The summed E-state index contributed by atoms with van der Waals surface area (Å²) in [4.78, 5) is 27.7. The number of amides is 1. The normalized spacial score (nSPS) is 12.1. The topological polar surface area (TPSA) is 81.8 Å². The summed E-state index contributed by atoms with van der Waals surface area (Å²) >= 11 is 0. The number of carbonyl (C=O) groups excluding carboxylic acids is 1. The minimum atomic E-state index is -0.285. The van der Waals surface area contributed by atoms with E-state index in [2.05, 4.69) is 15.4 Å². The number of aromatic nitrogens is 4. The van der Waals surface area contributed by atoms with Crippen LogP contribution in [0.3, 0.4) is 0 Å². The molecular formula is C14H19N5O2. The van der Waals surface area contributed by atoms with Gasteiger partial charge in [0.2, 0.25) is 0 Å². The number of hydrogen-bond donors (Lipinski definition) is 1. The molecule has 2 aromatic heterocycles. The first-order chi connectivity index (χ1) is 10.1. The van der Waals surface area contributed by atoms with Gasteiger partial charge in [-0.05, 0) is 19.4 Å². The lowest BCUT2D eigenvalue weighted by atomic mass is 10.3. The van der Waals surface area contributed by atoms with Crippen LogP contribution in [0.15, 0.2) is 35.6 Å². The van der Waals surface area contributed by atoms with E-state index in [-0.39, 0.29) is 23.2 Å². The molecule has 1 N–H and O–H groups in total. The highest BCUT2D eigenvalue weighted by Gasteiger charge is 2.12. The van der Waals surface area contributed by atoms with Crippen LogP contribution in [-0.4, -0.2) is 31.3 Å². The van der Waals surface area contributed by atoms with Crippen molar-refractivity contribution in [2.75, 3.05) is 0 Å². The SMILES string of the molecule is CCCn1nc(C(=O)N[C@H](C)Cn2ccnc2)ccc1=O. The Morgan fingerprint density at radius 1 is 1.43 bits per heavy atom. The van der Waals surface area contributed by atoms with Gasteiger partial charge >= 0.3 is 0 Å². The standard InChI is InChI=1S/C14H19N5O2/c1-3-7-19-13(20)5-4-12(17-19)14(21)16-11(2)9-18-8-6-15-10-18/h4-6,8,10-11H,3,7,9H2,1-2H3,(H,16,21)/t11-/m1/s1. The number of carbonyl (C=O) groups is 1. The lowest BCUT2D eigenvalue weighted by Crippen LogP contribution is -2.37. The van der Waals surface area contributed by atoms with Crippen LogP contribution >= 0.6 is 0 Å². The second kappa shape index (κ2) is 6.83. The van der Waals surface area contributed by atoms with Crippen molar-refractivity contribution in [1.82, 2.24) is 24.6 Å². The van der Waals surface area contributed by atoms with Crippen molar-refractivity contribution in [2.45, 2.75) is 39.4 Å². The van der Waals surface area contributed by atoms with Gasteiger partial charge in [-0.3, -0.25) is 9.59 Å². The molecule has 0 aliphatic rings. The molecule has 1 amide bonds. The molecule has 0 aromatic carbocycles. The zero-order valence-corrected chi connectivity index (χ0v) is 12.2. The lowest BCUT2D eigenvalue weighted by Gasteiger charge is -2.14. The van der Waals surface area contributed by atoms with Gasteiger partial charge in [-0.1, -0.05) is 6.92 Å². The van der Waals surface area contributed by atoms with Crippen LogP contribution in [0.2, 0.25) is 0 Å². The maximum atomic E-state index is 12.1. The summed E-state index contributed by atoms with van der Waals surface area (Å²) in [7, 11) is 0. The van der Waals surface area contributed by atoms with Gasteiger partial charge in [0.15, 0.2) is 0 Å². The van der Waals surface area contributed by atoms with Gasteiger partial charge in [0.1, 0.15) is 5.69 Å². The molecule has 0 unspecified atom stereocenters. The summed E-state index contributed by atoms with van der Waals surface area (Å²) in [6, 6.07) is 2.76. The van der Waals surface area contributed by atoms with Gasteiger partial charge in [0, 0.05) is 37.6 Å². The van der Waals surface area contributed by atoms with Crippen LogP contribution in [0.4, 0.5) is 0 Å². The van der Waals surface area contributed by atoms with Gasteiger partial charge in [0.25, 0.3) is 11.5 Å². The Labute approximate surface area is 122 Å². The smallest absolute Gasteiger partial charge is 0.271 e. The Morgan fingerprint density at radius 2 is 2.24 bits per heavy atom. The predicted octanol–water partition coefficient (Wildman–Crippen LogP) is 0.668. The van der Waals surface area contributed by atoms with Crippen LogP contribution in [0.1, 0.15) is 30.8 Å². The summed E-state index contributed by atoms with van der Waals surface area (Å²) in [5, 5.41) is 6.94. The Morgan fingerprint density at radius 3 is 2.90 bits per heavy atom. The van der Waals surface area contributed by atoms with E-state index < -0.39 is 0 Å². The van der Waals surface area contributed by atoms with E-state index in [1.807, 2.05) is 24.6 Å². The van der Waals surface area contributed by atoms with E-state index >= 15 is 0 Å². The molecule has 7 heteroatoms. The number of nitrogens with one attached hydrogen (secondary N) is 1. The van der Waals surface area contributed by atoms with Gasteiger partial charge in [-0.15, -0.1) is 0 Å². The Balaban J connectivity index is 2.02. The molecule has 2 heterocycles. The molecule has 2 rings (SSSR count). The predicted molar refractivity (Wildman–Crippen MR) is 77.9 cm³/mol. The van der Waals surface area contributed by atoms with Crippen LogP contribution in [0.5, 0.6) is 0 Å². The van der Waals surface area contributed by atoms with Crippen molar-refractivity contribution in [3.8, 4) is 0 Å². The Hall–Kier alpha value is -2.44. The second-order valence-corrected chi connectivity index (χ2v) is 4.91. The monoisotopic (exact) mass is 289 g/mol. The fourth-order valence-electron chi connectivity index (χ4n) is 2.00. The fraction of sp³-hybridized carbons (Fsp3) is 0.429. The zero-order chi connectivity index (χ0) is 15.2. The molecule has 1 atom stereocenters. The van der Waals surface area contributed by atoms with Gasteiger partial charge in [-0.2, -0.15) is 5.10 Å². The summed E-state index contributed by atoms with van der Waals surface area (Å²) in [5.74, 6) is -0.285. The third-order valence-corrected chi connectivity index (χ3v) is 2.96. The largest absolute Gasteiger partial charge is 0.346 e. The first-order valence-corrected chi connectivity index (χ1v) is 6.95. The number of aryl methyl sites for hydroxylation is 1. The highest BCUT2D eigenvalue weighted by Crippen LogP contribution is 1.96. The number of hydrogen-bond acceptors (Lipinski definition) is 4. The highest BCUT2D eigenvalue weighted by atomic mass is 16.2. The third-order valence-electron chi connectivity index (χ3n) is 2.96. The highest BCUT2D eigenvalue weighted by molar-refractivity contribution is 5.92. The Bertz CT molecular complexity index is 648. The van der Waals surface area contributed by atoms with Crippen LogP contribution in [-0.2, 0) is 13.1 Å². The molecule has 0 radical (unpaired) electrons. The minimum absolute atomic E-state index is 0.0694. The fourth-order valence-corrected chi connectivity index (χ4v) is 2.00. The number of rotatable bonds is 6. The average Bonchev–Trinajstić information content (AvgIpc) is 2.94. The molecule has 0 bridgehead atoms. The van der Waals surface area contributed by atoms with Crippen LogP contribution < -0.4 is 10.9 Å². The quantitative estimate of drug-likeness (QED) is 0.847. The molecule has 0 saturated carbocycles. The van der Waals surface area contributed by atoms with Gasteiger partial charge in [0.05, 0.1) is 6.33 Å². The summed E-state index contributed by atoms with van der Waals surface area (Å²) in [6.45, 7) is 4.99. The van der Waals surface area contributed by atoms with Crippen molar-refractivity contribution < 1.29 is 4.79 Å². The first-order valence-electron chi connectivity index (χ1n) is 6.95. The first kappa shape index (κ1) is 15.0. The number of imidazole rings is 1. The molecule has 0 saturated heterocycles. The van der Waals surface area contributed by atoms with E-state index in [0.717, 1.165) is 6.42 Å². The van der Waals surface area contributed by atoms with Crippen molar-refractivity contribution in [1.29, 1.82) is 0 Å². The summed E-state index contributed by atoms with van der Waals surface area (Å²) < 4.78 is 3.20. The molecule has 7 nitrogen and oxygen atoms in total.